The van der Waals surface area contributed by atoms with Crippen LogP contribution in [0.15, 0.2) is 12.4 Å². The Hall–Kier alpha value is -1.36. The van der Waals surface area contributed by atoms with Crippen LogP contribution in [0.3, 0.4) is 0 Å². The second kappa shape index (κ2) is 5.82. The van der Waals surface area contributed by atoms with Gasteiger partial charge in [0, 0.05) is 18.8 Å². The van der Waals surface area contributed by atoms with Crippen molar-refractivity contribution in [2.75, 3.05) is 19.6 Å². The van der Waals surface area contributed by atoms with Crippen molar-refractivity contribution in [1.82, 2.24) is 20.4 Å². The summed E-state index contributed by atoms with van der Waals surface area (Å²) in [5, 5.41) is 9.88. The Balaban J connectivity index is 2.07. The van der Waals surface area contributed by atoms with Crippen molar-refractivity contribution in [3.63, 3.8) is 0 Å². The lowest BCUT2D eigenvalue weighted by Gasteiger charge is -2.34. The van der Waals surface area contributed by atoms with Crippen LogP contribution in [0, 0.1) is 0 Å². The molecule has 1 amide bonds. The molecule has 0 spiro atoms. The molecular weight excluding hydrogens is 216 g/mol. The summed E-state index contributed by atoms with van der Waals surface area (Å²) in [6.07, 6.45) is 6.36. The lowest BCUT2D eigenvalue weighted by atomic mass is 10.0. The molecule has 0 saturated carbocycles. The molecule has 0 bridgehead atoms. The van der Waals surface area contributed by atoms with Crippen LogP contribution in [0.1, 0.15) is 36.5 Å². The minimum absolute atomic E-state index is 0.104. The molecule has 2 N–H and O–H groups in total. The third-order valence-electron chi connectivity index (χ3n) is 3.22. The average molecular weight is 236 g/mol. The zero-order valence-electron chi connectivity index (χ0n) is 10.3. The summed E-state index contributed by atoms with van der Waals surface area (Å²) in [4.78, 5) is 14.3. The maximum atomic E-state index is 12.3. The second-order valence-electron chi connectivity index (χ2n) is 4.47. The van der Waals surface area contributed by atoms with E-state index in [2.05, 4.69) is 22.4 Å². The normalized spacial score (nSPS) is 17.0. The third-order valence-corrected chi connectivity index (χ3v) is 3.22. The lowest BCUT2D eigenvalue weighted by Crippen LogP contribution is -2.46. The number of piperidine rings is 1. The molecule has 1 aliphatic heterocycles. The molecule has 1 saturated heterocycles. The number of nitrogens with zero attached hydrogens (tertiary/aromatic N) is 2. The number of aromatic amines is 1. The lowest BCUT2D eigenvalue weighted by molar-refractivity contribution is 0.0643. The zero-order valence-corrected chi connectivity index (χ0v) is 10.3. The van der Waals surface area contributed by atoms with Gasteiger partial charge in [-0.3, -0.25) is 9.89 Å². The van der Waals surface area contributed by atoms with Gasteiger partial charge in [0.2, 0.25) is 0 Å². The van der Waals surface area contributed by atoms with Gasteiger partial charge in [0.05, 0.1) is 11.8 Å². The number of amides is 1. The topological polar surface area (TPSA) is 61.0 Å². The van der Waals surface area contributed by atoms with Gasteiger partial charge in [-0.15, -0.1) is 0 Å². The molecule has 0 aliphatic carbocycles. The molecule has 0 unspecified atom stereocenters. The largest absolute Gasteiger partial charge is 0.335 e. The monoisotopic (exact) mass is 236 g/mol. The Morgan fingerprint density at radius 3 is 2.88 bits per heavy atom. The standard InChI is InChI=1S/C12H20N4O/c1-2-7-16(11-3-5-13-6-4-11)12(17)10-8-14-15-9-10/h8-9,11,13H,2-7H2,1H3,(H,14,15). The van der Waals surface area contributed by atoms with Gasteiger partial charge in [0.25, 0.3) is 5.91 Å². The van der Waals surface area contributed by atoms with Crippen LogP contribution in [-0.4, -0.2) is 46.7 Å². The summed E-state index contributed by atoms with van der Waals surface area (Å²) in [6, 6.07) is 0.374. The molecule has 94 valence electrons. The summed E-state index contributed by atoms with van der Waals surface area (Å²) in [6.45, 7) is 4.94. The fourth-order valence-corrected chi connectivity index (χ4v) is 2.34. The quantitative estimate of drug-likeness (QED) is 0.820. The number of H-pyrrole nitrogens is 1. The minimum atomic E-state index is 0.104. The molecule has 0 aromatic carbocycles. The molecule has 5 nitrogen and oxygen atoms in total. The van der Waals surface area contributed by atoms with Gasteiger partial charge in [-0.25, -0.2) is 0 Å². The van der Waals surface area contributed by atoms with E-state index in [0.717, 1.165) is 38.9 Å². The van der Waals surface area contributed by atoms with Gasteiger partial charge in [-0.1, -0.05) is 6.92 Å². The molecule has 1 aromatic rings. The van der Waals surface area contributed by atoms with Gasteiger partial charge in [0.15, 0.2) is 0 Å². The van der Waals surface area contributed by atoms with E-state index in [0.29, 0.717) is 11.6 Å². The van der Waals surface area contributed by atoms with Gasteiger partial charge in [-0.05, 0) is 32.4 Å². The van der Waals surface area contributed by atoms with Crippen LogP contribution < -0.4 is 5.32 Å². The van der Waals surface area contributed by atoms with Gasteiger partial charge in [0.1, 0.15) is 0 Å². The van der Waals surface area contributed by atoms with Crippen molar-refractivity contribution in [3.8, 4) is 0 Å². The van der Waals surface area contributed by atoms with Crippen LogP contribution in [0.2, 0.25) is 0 Å². The number of carbonyl (C=O) groups excluding carboxylic acids is 1. The molecule has 1 fully saturated rings. The molecule has 2 heterocycles. The first-order chi connectivity index (χ1) is 8.33. The maximum Gasteiger partial charge on any atom is 0.257 e. The Morgan fingerprint density at radius 1 is 1.53 bits per heavy atom. The predicted octanol–water partition coefficient (Wildman–Crippen LogP) is 1.01. The minimum Gasteiger partial charge on any atom is -0.335 e. The molecule has 2 rings (SSSR count). The van der Waals surface area contributed by atoms with E-state index in [1.807, 2.05) is 4.90 Å². The van der Waals surface area contributed by atoms with E-state index in [4.69, 9.17) is 0 Å². The fourth-order valence-electron chi connectivity index (χ4n) is 2.34. The molecule has 17 heavy (non-hydrogen) atoms. The van der Waals surface area contributed by atoms with E-state index in [-0.39, 0.29) is 5.91 Å². The van der Waals surface area contributed by atoms with Crippen molar-refractivity contribution in [1.29, 1.82) is 0 Å². The molecule has 1 aromatic heterocycles. The average Bonchev–Trinajstić information content (AvgIpc) is 2.90. The summed E-state index contributed by atoms with van der Waals surface area (Å²) in [5.74, 6) is 0.104. The smallest absolute Gasteiger partial charge is 0.257 e. The highest BCUT2D eigenvalue weighted by molar-refractivity contribution is 5.93. The van der Waals surface area contributed by atoms with Crippen LogP contribution >= 0.6 is 0 Å². The number of hydrogen-bond donors (Lipinski definition) is 2. The van der Waals surface area contributed by atoms with E-state index >= 15 is 0 Å². The molecule has 1 aliphatic rings. The van der Waals surface area contributed by atoms with Gasteiger partial charge >= 0.3 is 0 Å². The summed E-state index contributed by atoms with van der Waals surface area (Å²) in [7, 11) is 0. The number of rotatable bonds is 4. The van der Waals surface area contributed by atoms with Crippen LogP contribution in [-0.2, 0) is 0 Å². The second-order valence-corrected chi connectivity index (χ2v) is 4.47. The Morgan fingerprint density at radius 2 is 2.29 bits per heavy atom. The van der Waals surface area contributed by atoms with Crippen molar-refractivity contribution in [2.24, 2.45) is 0 Å². The van der Waals surface area contributed by atoms with Crippen molar-refractivity contribution >= 4 is 5.91 Å². The van der Waals surface area contributed by atoms with Crippen molar-refractivity contribution in [3.05, 3.63) is 18.0 Å². The fraction of sp³-hybridized carbons (Fsp3) is 0.667. The highest BCUT2D eigenvalue weighted by Crippen LogP contribution is 2.15. The first-order valence-electron chi connectivity index (χ1n) is 6.33. The third kappa shape index (κ3) is 2.85. The summed E-state index contributed by atoms with van der Waals surface area (Å²) < 4.78 is 0. The van der Waals surface area contributed by atoms with Crippen LogP contribution in [0.25, 0.3) is 0 Å². The first-order valence-corrected chi connectivity index (χ1v) is 6.33. The first kappa shape index (κ1) is 12.1. The number of carbonyl (C=O) groups is 1. The van der Waals surface area contributed by atoms with Gasteiger partial charge < -0.3 is 10.2 Å². The molecular formula is C12H20N4O. The van der Waals surface area contributed by atoms with E-state index in [1.54, 1.807) is 12.4 Å². The maximum absolute atomic E-state index is 12.3. The van der Waals surface area contributed by atoms with Crippen LogP contribution in [0.5, 0.6) is 0 Å². The SMILES string of the molecule is CCCN(C(=O)c1cn[nH]c1)C1CCNCC1. The van der Waals surface area contributed by atoms with E-state index < -0.39 is 0 Å². The van der Waals surface area contributed by atoms with Crippen LogP contribution in [0.4, 0.5) is 0 Å². The van der Waals surface area contributed by atoms with Crippen molar-refractivity contribution < 1.29 is 4.79 Å². The van der Waals surface area contributed by atoms with E-state index in [9.17, 15) is 4.79 Å². The molecule has 0 radical (unpaired) electrons. The number of hydrogen-bond acceptors (Lipinski definition) is 3. The molecule has 5 heteroatoms. The Labute approximate surface area is 102 Å². The van der Waals surface area contributed by atoms with E-state index in [1.165, 1.54) is 0 Å². The van der Waals surface area contributed by atoms with Gasteiger partial charge in [-0.2, -0.15) is 5.10 Å². The molecule has 0 atom stereocenters. The predicted molar refractivity (Wildman–Crippen MR) is 65.8 cm³/mol. The zero-order chi connectivity index (χ0) is 12.1. The highest BCUT2D eigenvalue weighted by Gasteiger charge is 2.25. The summed E-state index contributed by atoms with van der Waals surface area (Å²) in [5.41, 5.74) is 0.664. The highest BCUT2D eigenvalue weighted by atomic mass is 16.2. The number of nitrogens with one attached hydrogen (secondary N) is 2. The van der Waals surface area contributed by atoms with Crippen molar-refractivity contribution in [2.45, 2.75) is 32.2 Å². The number of aromatic nitrogens is 2. The Kier molecular flexibility index (Phi) is 4.14. The summed E-state index contributed by atoms with van der Waals surface area (Å²) >= 11 is 0. The Bertz CT molecular complexity index is 343.